The van der Waals surface area contributed by atoms with Gasteiger partial charge in [0.25, 0.3) is 5.69 Å². The van der Waals surface area contributed by atoms with E-state index in [4.69, 9.17) is 0 Å². The Bertz CT molecular complexity index is 1140. The van der Waals surface area contributed by atoms with Crippen molar-refractivity contribution >= 4 is 40.4 Å². The van der Waals surface area contributed by atoms with Gasteiger partial charge in [0, 0.05) is 28.4 Å². The second-order valence-corrected chi connectivity index (χ2v) is 9.87. The number of nitro benzene ring substituents is 1. The molecule has 1 aromatic carbocycles. The number of nitrogens with zero attached hydrogens (tertiary/aromatic N) is 4. The Labute approximate surface area is 194 Å². The minimum atomic E-state index is -0.505. The third-order valence-electron chi connectivity index (χ3n) is 5.51. The summed E-state index contributed by atoms with van der Waals surface area (Å²) in [4.78, 5) is 24.6. The zero-order chi connectivity index (χ0) is 22.7. The lowest BCUT2D eigenvalue weighted by Crippen LogP contribution is -2.15. The molecule has 0 spiro atoms. The quantitative estimate of drug-likeness (QED) is 0.276. The number of carbonyl (C=O) groups is 1. The number of carbonyl (C=O) groups excluding carboxylic acids is 1. The largest absolute Gasteiger partial charge is 0.320 e. The van der Waals surface area contributed by atoms with Crippen LogP contribution < -0.4 is 5.32 Å². The van der Waals surface area contributed by atoms with Gasteiger partial charge >= 0.3 is 0 Å². The van der Waals surface area contributed by atoms with Crippen LogP contribution in [0, 0.1) is 16.0 Å². The van der Waals surface area contributed by atoms with E-state index in [9.17, 15) is 14.9 Å². The van der Waals surface area contributed by atoms with Crippen molar-refractivity contribution in [1.82, 2.24) is 14.8 Å². The van der Waals surface area contributed by atoms with E-state index in [1.165, 1.54) is 40.8 Å². The van der Waals surface area contributed by atoms with Gasteiger partial charge in [-0.15, -0.1) is 21.5 Å². The van der Waals surface area contributed by atoms with Crippen LogP contribution in [-0.2, 0) is 24.2 Å². The summed E-state index contributed by atoms with van der Waals surface area (Å²) >= 11 is 3.10. The number of hydrogen-bond acceptors (Lipinski definition) is 7. The topological polar surface area (TPSA) is 103 Å². The maximum absolute atomic E-state index is 12.5. The zero-order valence-electron chi connectivity index (χ0n) is 18.0. The van der Waals surface area contributed by atoms with Crippen molar-refractivity contribution in [1.29, 1.82) is 0 Å². The Kier molecular flexibility index (Phi) is 6.90. The molecule has 1 amide bonds. The van der Waals surface area contributed by atoms with E-state index in [2.05, 4.69) is 39.3 Å². The number of para-hydroxylation sites is 2. The number of benzene rings is 1. The molecule has 0 radical (unpaired) electrons. The number of anilines is 1. The summed E-state index contributed by atoms with van der Waals surface area (Å²) in [6.07, 6.45) is 4.29. The van der Waals surface area contributed by atoms with Crippen molar-refractivity contribution in [3.63, 3.8) is 0 Å². The minimum absolute atomic E-state index is 0.0904. The first-order valence-corrected chi connectivity index (χ1v) is 12.5. The van der Waals surface area contributed by atoms with Gasteiger partial charge in [-0.1, -0.05) is 37.7 Å². The van der Waals surface area contributed by atoms with Crippen LogP contribution in [0.15, 0.2) is 34.8 Å². The van der Waals surface area contributed by atoms with Gasteiger partial charge < -0.3 is 9.88 Å². The molecule has 32 heavy (non-hydrogen) atoms. The van der Waals surface area contributed by atoms with Crippen molar-refractivity contribution in [3.05, 3.63) is 50.2 Å². The fraction of sp³-hybridized carbons (Fsp3) is 0.409. The van der Waals surface area contributed by atoms with Crippen molar-refractivity contribution in [2.45, 2.75) is 51.2 Å². The van der Waals surface area contributed by atoms with Gasteiger partial charge in [-0.3, -0.25) is 14.9 Å². The van der Waals surface area contributed by atoms with Gasteiger partial charge in [0.15, 0.2) is 11.0 Å². The van der Waals surface area contributed by atoms with E-state index in [1.54, 1.807) is 23.5 Å². The second kappa shape index (κ2) is 9.83. The fourth-order valence-electron chi connectivity index (χ4n) is 3.94. The number of amides is 1. The van der Waals surface area contributed by atoms with E-state index in [1.807, 2.05) is 0 Å². The van der Waals surface area contributed by atoms with Crippen LogP contribution in [0.5, 0.6) is 0 Å². The van der Waals surface area contributed by atoms with Crippen LogP contribution in [0.3, 0.4) is 0 Å². The van der Waals surface area contributed by atoms with E-state index in [0.29, 0.717) is 11.1 Å². The lowest BCUT2D eigenvalue weighted by atomic mass is 9.88. The molecule has 2 aromatic heterocycles. The smallest absolute Gasteiger partial charge is 0.292 e. The summed E-state index contributed by atoms with van der Waals surface area (Å²) in [7, 11) is 0. The molecule has 1 aliphatic carbocycles. The number of thiophene rings is 1. The Morgan fingerprint density at radius 1 is 1.38 bits per heavy atom. The molecule has 4 rings (SSSR count). The summed E-state index contributed by atoms with van der Waals surface area (Å²) in [6, 6.07) is 6.12. The summed E-state index contributed by atoms with van der Waals surface area (Å²) in [5.41, 5.74) is 2.62. The highest BCUT2D eigenvalue weighted by atomic mass is 32.2. The standard InChI is InChI=1S/C22H25N5O3S2/c1-3-10-26-21(16-12-31-19-11-14(2)8-9-15(16)19)24-25-22(26)32-13-20(28)23-17-6-4-5-7-18(17)27(29)30/h4-7,12,14H,3,8-11,13H2,1-2H3,(H,23,28). The average Bonchev–Trinajstić information content (AvgIpc) is 3.36. The van der Waals surface area contributed by atoms with Crippen LogP contribution in [0.1, 0.15) is 37.1 Å². The number of fused-ring (bicyclic) bond motifs is 1. The summed E-state index contributed by atoms with van der Waals surface area (Å²) < 4.78 is 2.09. The Hall–Kier alpha value is -2.72. The van der Waals surface area contributed by atoms with Crippen LogP contribution in [0.4, 0.5) is 11.4 Å². The summed E-state index contributed by atoms with van der Waals surface area (Å²) in [5.74, 6) is 1.35. The van der Waals surface area contributed by atoms with Crippen LogP contribution in [0.2, 0.25) is 0 Å². The van der Waals surface area contributed by atoms with Gasteiger partial charge in [-0.05, 0) is 43.2 Å². The number of hydrogen-bond donors (Lipinski definition) is 1. The maximum Gasteiger partial charge on any atom is 0.292 e. The molecular weight excluding hydrogens is 446 g/mol. The predicted octanol–water partition coefficient (Wildman–Crippen LogP) is 5.18. The molecule has 8 nitrogen and oxygen atoms in total. The third-order valence-corrected chi connectivity index (χ3v) is 7.53. The normalized spacial score (nSPS) is 15.4. The number of nitro groups is 1. The van der Waals surface area contributed by atoms with Crippen LogP contribution in [0.25, 0.3) is 11.4 Å². The third kappa shape index (κ3) is 4.71. The van der Waals surface area contributed by atoms with Gasteiger partial charge in [0.1, 0.15) is 5.69 Å². The molecule has 0 saturated heterocycles. The lowest BCUT2D eigenvalue weighted by Gasteiger charge is -2.19. The van der Waals surface area contributed by atoms with Gasteiger partial charge in [0.2, 0.25) is 5.91 Å². The minimum Gasteiger partial charge on any atom is -0.320 e. The fourth-order valence-corrected chi connectivity index (χ4v) is 5.95. The van der Waals surface area contributed by atoms with E-state index in [-0.39, 0.29) is 23.0 Å². The SMILES string of the molecule is CCCn1c(SCC(=O)Nc2ccccc2[N+](=O)[O-])nnc1-c1csc2c1CCC(C)C2. The van der Waals surface area contributed by atoms with E-state index in [0.717, 1.165) is 37.2 Å². The highest BCUT2D eigenvalue weighted by molar-refractivity contribution is 7.99. The Balaban J connectivity index is 1.50. The monoisotopic (exact) mass is 471 g/mol. The number of nitrogens with one attached hydrogen (secondary N) is 1. The van der Waals surface area contributed by atoms with Gasteiger partial charge in [0.05, 0.1) is 10.7 Å². The molecule has 0 bridgehead atoms. The van der Waals surface area contributed by atoms with Crippen molar-refractivity contribution < 1.29 is 9.72 Å². The van der Waals surface area contributed by atoms with Crippen LogP contribution in [-0.4, -0.2) is 31.3 Å². The molecule has 1 N–H and O–H groups in total. The molecule has 2 heterocycles. The second-order valence-electron chi connectivity index (χ2n) is 7.97. The number of thioether (sulfide) groups is 1. The Morgan fingerprint density at radius 2 is 2.19 bits per heavy atom. The van der Waals surface area contributed by atoms with Gasteiger partial charge in [-0.25, -0.2) is 0 Å². The zero-order valence-corrected chi connectivity index (χ0v) is 19.7. The molecule has 0 saturated carbocycles. The molecular formula is C22H25N5O3S2. The van der Waals surface area contributed by atoms with E-state index >= 15 is 0 Å². The molecule has 168 valence electrons. The number of rotatable bonds is 8. The Morgan fingerprint density at radius 3 is 2.97 bits per heavy atom. The average molecular weight is 472 g/mol. The number of aromatic nitrogens is 3. The molecule has 0 fully saturated rings. The highest BCUT2D eigenvalue weighted by Crippen LogP contribution is 2.38. The van der Waals surface area contributed by atoms with Crippen molar-refractivity contribution in [3.8, 4) is 11.4 Å². The molecule has 3 aromatic rings. The highest BCUT2D eigenvalue weighted by Gasteiger charge is 2.24. The van der Waals surface area contributed by atoms with E-state index < -0.39 is 4.92 Å². The first-order chi connectivity index (χ1) is 15.5. The first kappa shape index (κ1) is 22.5. The summed E-state index contributed by atoms with van der Waals surface area (Å²) in [5, 5.41) is 25.5. The lowest BCUT2D eigenvalue weighted by molar-refractivity contribution is -0.383. The molecule has 1 unspecified atom stereocenters. The molecule has 1 aliphatic rings. The molecule has 1 atom stereocenters. The maximum atomic E-state index is 12.5. The molecule has 0 aliphatic heterocycles. The molecule has 10 heteroatoms. The predicted molar refractivity (Wildman–Crippen MR) is 127 cm³/mol. The van der Waals surface area contributed by atoms with Crippen molar-refractivity contribution in [2.24, 2.45) is 5.92 Å². The first-order valence-electron chi connectivity index (χ1n) is 10.7. The van der Waals surface area contributed by atoms with Crippen molar-refractivity contribution in [2.75, 3.05) is 11.1 Å². The van der Waals surface area contributed by atoms with Crippen LogP contribution >= 0.6 is 23.1 Å². The van der Waals surface area contributed by atoms with Gasteiger partial charge in [-0.2, -0.15) is 0 Å². The summed E-state index contributed by atoms with van der Waals surface area (Å²) in [6.45, 7) is 5.16.